The van der Waals surface area contributed by atoms with E-state index >= 15 is 0 Å². The molecule has 0 amide bonds. The van der Waals surface area contributed by atoms with Gasteiger partial charge < -0.3 is 9.52 Å². The van der Waals surface area contributed by atoms with Crippen molar-refractivity contribution in [2.24, 2.45) is 0 Å². The van der Waals surface area contributed by atoms with Crippen molar-refractivity contribution in [2.75, 3.05) is 0 Å². The molecule has 0 aliphatic rings. The molecule has 3 aromatic rings. The molecule has 1 aromatic heterocycles. The number of nitrogens with zero attached hydrogens (tertiary/aromatic N) is 1. The third-order valence-corrected chi connectivity index (χ3v) is 4.97. The molecule has 0 saturated heterocycles. The molecule has 0 spiro atoms. The lowest BCUT2D eigenvalue weighted by Crippen LogP contribution is -2.17. The number of oxazole rings is 1. The Morgan fingerprint density at radius 2 is 1.54 bits per heavy atom. The van der Waals surface area contributed by atoms with E-state index in [4.69, 9.17) is 27.6 Å². The number of aromatic hydroxyl groups is 1. The number of halogens is 2. The van der Waals surface area contributed by atoms with E-state index in [0.29, 0.717) is 32.6 Å². The summed E-state index contributed by atoms with van der Waals surface area (Å²) in [6, 6.07) is 7.20. The normalized spacial score (nSPS) is 12.8. The van der Waals surface area contributed by atoms with E-state index in [1.54, 1.807) is 18.2 Å². The van der Waals surface area contributed by atoms with Crippen molar-refractivity contribution in [1.29, 1.82) is 0 Å². The van der Waals surface area contributed by atoms with Crippen molar-refractivity contribution in [2.45, 2.75) is 52.4 Å². The molecule has 0 unspecified atom stereocenters. The monoisotopic (exact) mass is 391 g/mol. The molecule has 1 heterocycles. The number of aromatic nitrogens is 1. The zero-order chi connectivity index (χ0) is 19.4. The van der Waals surface area contributed by atoms with Crippen LogP contribution in [0.15, 0.2) is 28.7 Å². The lowest BCUT2D eigenvalue weighted by molar-refractivity contribution is 0.439. The molecule has 5 heteroatoms. The van der Waals surface area contributed by atoms with Crippen LogP contribution in [-0.2, 0) is 10.8 Å². The van der Waals surface area contributed by atoms with Crippen LogP contribution >= 0.6 is 23.2 Å². The van der Waals surface area contributed by atoms with Crippen molar-refractivity contribution in [3.63, 3.8) is 0 Å². The summed E-state index contributed by atoms with van der Waals surface area (Å²) < 4.78 is 5.99. The van der Waals surface area contributed by atoms with Gasteiger partial charge >= 0.3 is 0 Å². The number of fused-ring (bicyclic) bond motifs is 1. The molecule has 0 bridgehead atoms. The Morgan fingerprint density at radius 1 is 0.923 bits per heavy atom. The largest absolute Gasteiger partial charge is 0.504 e. The number of rotatable bonds is 1. The minimum Gasteiger partial charge on any atom is -0.504 e. The minimum atomic E-state index is -0.233. The van der Waals surface area contributed by atoms with Crippen molar-refractivity contribution < 1.29 is 9.52 Å². The fourth-order valence-corrected chi connectivity index (χ4v) is 3.48. The quantitative estimate of drug-likeness (QED) is 0.480. The third kappa shape index (κ3) is 3.30. The van der Waals surface area contributed by atoms with Gasteiger partial charge in [-0.25, -0.2) is 4.98 Å². The summed E-state index contributed by atoms with van der Waals surface area (Å²) >= 11 is 12.3. The molecule has 138 valence electrons. The third-order valence-electron chi connectivity index (χ3n) is 4.42. The smallest absolute Gasteiger partial charge is 0.229 e. The van der Waals surface area contributed by atoms with Gasteiger partial charge in [0.15, 0.2) is 11.3 Å². The Kier molecular flexibility index (Phi) is 4.53. The van der Waals surface area contributed by atoms with Crippen LogP contribution in [0.3, 0.4) is 0 Å². The second-order valence-corrected chi connectivity index (χ2v) is 9.48. The van der Waals surface area contributed by atoms with Crippen molar-refractivity contribution >= 4 is 34.3 Å². The summed E-state index contributed by atoms with van der Waals surface area (Å²) in [5.41, 5.74) is 3.15. The molecule has 0 saturated carbocycles. The molecule has 1 N–H and O–H groups in total. The summed E-state index contributed by atoms with van der Waals surface area (Å²) in [5, 5.41) is 11.9. The van der Waals surface area contributed by atoms with Crippen LogP contribution in [0.1, 0.15) is 52.7 Å². The summed E-state index contributed by atoms with van der Waals surface area (Å²) in [6.07, 6.45) is 0. The molecule has 0 fully saturated rings. The minimum absolute atomic E-state index is 0.129. The molecular formula is C21H23Cl2NO2. The maximum atomic E-state index is 10.9. The van der Waals surface area contributed by atoms with Gasteiger partial charge in [-0.1, -0.05) is 64.7 Å². The van der Waals surface area contributed by atoms with Gasteiger partial charge in [0, 0.05) is 10.6 Å². The number of phenolic OH excluding ortho intramolecular Hbond substituents is 1. The maximum Gasteiger partial charge on any atom is 0.229 e. The molecule has 0 radical (unpaired) electrons. The summed E-state index contributed by atoms with van der Waals surface area (Å²) in [5.74, 6) is 0.498. The van der Waals surface area contributed by atoms with E-state index in [0.717, 1.165) is 11.1 Å². The summed E-state index contributed by atoms with van der Waals surface area (Å²) in [6.45, 7) is 12.5. The highest BCUT2D eigenvalue weighted by atomic mass is 35.5. The van der Waals surface area contributed by atoms with Gasteiger partial charge in [0.1, 0.15) is 5.52 Å². The van der Waals surface area contributed by atoms with Crippen LogP contribution in [-0.4, -0.2) is 10.1 Å². The molecule has 3 nitrogen and oxygen atoms in total. The average Bonchev–Trinajstić information content (AvgIpc) is 2.90. The molecule has 26 heavy (non-hydrogen) atoms. The van der Waals surface area contributed by atoms with Crippen LogP contribution in [0.25, 0.3) is 22.6 Å². The number of phenols is 1. The molecule has 3 rings (SSSR count). The maximum absolute atomic E-state index is 10.9. The highest BCUT2D eigenvalue weighted by Gasteiger charge is 2.29. The molecular weight excluding hydrogens is 369 g/mol. The van der Waals surface area contributed by atoms with Crippen LogP contribution in [0.5, 0.6) is 5.75 Å². The molecule has 0 aliphatic carbocycles. The Balaban J connectivity index is 2.36. The van der Waals surface area contributed by atoms with Gasteiger partial charge in [0.05, 0.1) is 10.6 Å². The average molecular weight is 392 g/mol. The highest BCUT2D eigenvalue weighted by Crippen LogP contribution is 2.44. The van der Waals surface area contributed by atoms with E-state index < -0.39 is 0 Å². The lowest BCUT2D eigenvalue weighted by Gasteiger charge is -2.25. The number of hydrogen-bond donors (Lipinski definition) is 1. The Hall–Kier alpha value is -1.71. The second-order valence-electron chi connectivity index (χ2n) is 8.64. The molecule has 2 aromatic carbocycles. The first-order valence-corrected chi connectivity index (χ1v) is 9.28. The van der Waals surface area contributed by atoms with Crippen LogP contribution in [0, 0.1) is 0 Å². The van der Waals surface area contributed by atoms with Crippen molar-refractivity contribution in [3.8, 4) is 17.2 Å². The van der Waals surface area contributed by atoms with E-state index in [1.165, 1.54) is 0 Å². The highest BCUT2D eigenvalue weighted by molar-refractivity contribution is 6.36. The summed E-state index contributed by atoms with van der Waals surface area (Å²) in [7, 11) is 0. The van der Waals surface area contributed by atoms with Gasteiger partial charge in [-0.3, -0.25) is 0 Å². The van der Waals surface area contributed by atoms with Gasteiger partial charge in [-0.15, -0.1) is 0 Å². The second kappa shape index (κ2) is 6.17. The van der Waals surface area contributed by atoms with Gasteiger partial charge in [0.25, 0.3) is 0 Å². The van der Waals surface area contributed by atoms with Crippen molar-refractivity contribution in [1.82, 2.24) is 4.98 Å². The molecule has 0 atom stereocenters. The predicted molar refractivity (Wildman–Crippen MR) is 109 cm³/mol. The number of hydrogen-bond acceptors (Lipinski definition) is 3. The molecule has 0 aliphatic heterocycles. The van der Waals surface area contributed by atoms with Gasteiger partial charge in [-0.2, -0.15) is 0 Å². The van der Waals surface area contributed by atoms with Crippen LogP contribution in [0.2, 0.25) is 10.0 Å². The zero-order valence-electron chi connectivity index (χ0n) is 15.9. The van der Waals surface area contributed by atoms with E-state index in [2.05, 4.69) is 46.5 Å². The fourth-order valence-electron chi connectivity index (χ4n) is 2.99. The SMILES string of the molecule is CC(C)(C)c1cc(C(C)(C)C)c2nc(-c3ccc(Cl)cc3Cl)oc2c1O. The standard InChI is InChI=1S/C21H23Cl2NO2/c1-20(2,3)13-10-14(21(4,5)6)17(25)18-16(13)24-19(26-18)12-8-7-11(22)9-15(12)23/h7-10,25H,1-6H3. The van der Waals surface area contributed by atoms with E-state index in [9.17, 15) is 5.11 Å². The first-order valence-electron chi connectivity index (χ1n) is 8.52. The Bertz CT molecular complexity index is 992. The summed E-state index contributed by atoms with van der Waals surface area (Å²) in [4.78, 5) is 4.67. The topological polar surface area (TPSA) is 46.3 Å². The van der Waals surface area contributed by atoms with Crippen LogP contribution in [0.4, 0.5) is 0 Å². The number of benzene rings is 2. The lowest BCUT2D eigenvalue weighted by atomic mass is 9.79. The van der Waals surface area contributed by atoms with E-state index in [1.807, 2.05) is 6.07 Å². The Labute approximate surface area is 164 Å². The van der Waals surface area contributed by atoms with Crippen molar-refractivity contribution in [3.05, 3.63) is 45.4 Å². The first-order chi connectivity index (χ1) is 11.9. The Morgan fingerprint density at radius 3 is 2.08 bits per heavy atom. The van der Waals surface area contributed by atoms with E-state index in [-0.39, 0.29) is 16.6 Å². The van der Waals surface area contributed by atoms with Gasteiger partial charge in [0.2, 0.25) is 5.89 Å². The zero-order valence-corrected chi connectivity index (χ0v) is 17.4. The fraction of sp³-hybridized carbons (Fsp3) is 0.381. The van der Waals surface area contributed by atoms with Gasteiger partial charge in [-0.05, 0) is 40.7 Å². The first kappa shape index (κ1) is 19.1. The predicted octanol–water partition coefficient (Wildman–Crippen LogP) is 7.10. The van der Waals surface area contributed by atoms with Crippen LogP contribution < -0.4 is 0 Å².